The molecule has 1 N–H and O–H groups in total. The normalized spacial score (nSPS) is 26.0. The van der Waals surface area contributed by atoms with Crippen LogP contribution in [0.15, 0.2) is 0 Å². The maximum absolute atomic E-state index is 12.2. The van der Waals surface area contributed by atoms with Crippen molar-refractivity contribution in [3.05, 3.63) is 0 Å². The van der Waals surface area contributed by atoms with E-state index in [9.17, 15) is 4.79 Å². The van der Waals surface area contributed by atoms with Crippen molar-refractivity contribution in [2.45, 2.75) is 32.2 Å². The van der Waals surface area contributed by atoms with Gasteiger partial charge in [0.25, 0.3) is 0 Å². The molecule has 1 amide bonds. The molecule has 0 atom stereocenters. The van der Waals surface area contributed by atoms with E-state index < -0.39 is 0 Å². The van der Waals surface area contributed by atoms with E-state index in [0.29, 0.717) is 12.5 Å². The van der Waals surface area contributed by atoms with Crippen molar-refractivity contribution >= 4 is 5.91 Å². The Morgan fingerprint density at radius 1 is 1.25 bits per heavy atom. The lowest BCUT2D eigenvalue weighted by molar-refractivity contribution is -0.135. The van der Waals surface area contributed by atoms with Crippen LogP contribution in [0.3, 0.4) is 0 Å². The van der Waals surface area contributed by atoms with Gasteiger partial charge in [0.05, 0.1) is 6.54 Å². The molecular weight excluding hydrogens is 202 g/mol. The number of hydrogen-bond donors (Lipinski definition) is 1. The van der Waals surface area contributed by atoms with E-state index in [4.69, 9.17) is 0 Å². The summed E-state index contributed by atoms with van der Waals surface area (Å²) in [6.07, 6.45) is 2.29. The average Bonchev–Trinajstić information content (AvgIpc) is 2.59. The lowest BCUT2D eigenvalue weighted by Gasteiger charge is -2.34. The summed E-state index contributed by atoms with van der Waals surface area (Å²) in [5, 5.41) is 3.31. The van der Waals surface area contributed by atoms with Gasteiger partial charge in [-0.15, -0.1) is 0 Å². The summed E-state index contributed by atoms with van der Waals surface area (Å²) >= 11 is 0. The van der Waals surface area contributed by atoms with Gasteiger partial charge in [0.2, 0.25) is 5.91 Å². The maximum atomic E-state index is 12.2. The van der Waals surface area contributed by atoms with Crippen molar-refractivity contribution in [3.63, 3.8) is 0 Å². The maximum Gasteiger partial charge on any atom is 0.237 e. The van der Waals surface area contributed by atoms with Crippen molar-refractivity contribution in [1.82, 2.24) is 15.1 Å². The zero-order chi connectivity index (χ0) is 11.6. The number of nitrogens with zero attached hydrogens (tertiary/aromatic N) is 2. The Bertz CT molecular complexity index is 259. The van der Waals surface area contributed by atoms with Crippen molar-refractivity contribution < 1.29 is 4.79 Å². The van der Waals surface area contributed by atoms with E-state index in [1.54, 1.807) is 0 Å². The Balaban J connectivity index is 1.87. The van der Waals surface area contributed by atoms with Crippen molar-refractivity contribution in [3.8, 4) is 0 Å². The highest BCUT2D eigenvalue weighted by atomic mass is 16.2. The van der Waals surface area contributed by atoms with Crippen LogP contribution in [0, 0.1) is 0 Å². The molecule has 0 unspecified atom stereocenters. The second-order valence-electron chi connectivity index (χ2n) is 5.49. The van der Waals surface area contributed by atoms with E-state index in [2.05, 4.69) is 29.0 Å². The van der Waals surface area contributed by atoms with Crippen LogP contribution in [0.5, 0.6) is 0 Å². The van der Waals surface area contributed by atoms with E-state index in [-0.39, 0.29) is 5.54 Å². The van der Waals surface area contributed by atoms with Crippen molar-refractivity contribution in [2.75, 3.05) is 39.3 Å². The molecule has 0 aromatic heterocycles. The summed E-state index contributed by atoms with van der Waals surface area (Å²) < 4.78 is 0. The standard InChI is InChI=1S/C12H23N3O/c1-12(2)4-3-7-15(12)11(16)10-14-8-5-13-6-9-14/h13H,3-10H2,1-2H3. The van der Waals surface area contributed by atoms with E-state index in [1.807, 2.05) is 0 Å². The number of amides is 1. The predicted octanol–water partition coefficient (Wildman–Crippen LogP) is 0.293. The molecule has 4 nitrogen and oxygen atoms in total. The van der Waals surface area contributed by atoms with E-state index in [0.717, 1.165) is 45.6 Å². The molecule has 2 aliphatic rings. The SMILES string of the molecule is CC1(C)CCCN1C(=O)CN1CCNCC1. The Labute approximate surface area is 98.0 Å². The van der Waals surface area contributed by atoms with Gasteiger partial charge in [0.1, 0.15) is 0 Å². The third-order valence-electron chi connectivity index (χ3n) is 3.77. The molecule has 2 heterocycles. The monoisotopic (exact) mass is 225 g/mol. The van der Waals surface area contributed by atoms with Crippen LogP contribution in [-0.2, 0) is 4.79 Å². The third kappa shape index (κ3) is 2.55. The molecule has 0 aromatic rings. The van der Waals surface area contributed by atoms with Crippen LogP contribution in [0.2, 0.25) is 0 Å². The number of rotatable bonds is 2. The van der Waals surface area contributed by atoms with Gasteiger partial charge in [-0.05, 0) is 26.7 Å². The van der Waals surface area contributed by atoms with Crippen LogP contribution >= 0.6 is 0 Å². The van der Waals surface area contributed by atoms with E-state index in [1.165, 1.54) is 0 Å². The van der Waals surface area contributed by atoms with Gasteiger partial charge in [-0.25, -0.2) is 0 Å². The number of carbonyl (C=O) groups is 1. The number of carbonyl (C=O) groups excluding carboxylic acids is 1. The zero-order valence-corrected chi connectivity index (χ0v) is 10.5. The largest absolute Gasteiger partial charge is 0.336 e. The summed E-state index contributed by atoms with van der Waals surface area (Å²) in [4.78, 5) is 16.5. The molecule has 0 bridgehead atoms. The minimum absolute atomic E-state index is 0.0745. The first-order valence-electron chi connectivity index (χ1n) is 6.33. The average molecular weight is 225 g/mol. The summed E-state index contributed by atoms with van der Waals surface area (Å²) in [6.45, 7) is 9.92. The molecule has 2 rings (SSSR count). The highest BCUT2D eigenvalue weighted by molar-refractivity contribution is 5.79. The molecule has 2 fully saturated rings. The van der Waals surface area contributed by atoms with Gasteiger partial charge in [-0.1, -0.05) is 0 Å². The smallest absolute Gasteiger partial charge is 0.237 e. The Morgan fingerprint density at radius 2 is 1.94 bits per heavy atom. The first kappa shape index (κ1) is 11.9. The second kappa shape index (κ2) is 4.72. The van der Waals surface area contributed by atoms with Gasteiger partial charge < -0.3 is 10.2 Å². The van der Waals surface area contributed by atoms with Crippen LogP contribution in [0.4, 0.5) is 0 Å². The first-order chi connectivity index (χ1) is 7.59. The molecule has 0 spiro atoms. The van der Waals surface area contributed by atoms with Gasteiger partial charge in [-0.2, -0.15) is 0 Å². The Hall–Kier alpha value is -0.610. The Kier molecular flexibility index (Phi) is 3.50. The Morgan fingerprint density at radius 3 is 2.50 bits per heavy atom. The summed E-state index contributed by atoms with van der Waals surface area (Å²) in [5.74, 6) is 0.310. The fraction of sp³-hybridized carbons (Fsp3) is 0.917. The molecule has 16 heavy (non-hydrogen) atoms. The number of likely N-dealkylation sites (tertiary alicyclic amines) is 1. The molecule has 0 radical (unpaired) electrons. The van der Waals surface area contributed by atoms with Crippen molar-refractivity contribution in [2.24, 2.45) is 0 Å². The highest BCUT2D eigenvalue weighted by Crippen LogP contribution is 2.28. The second-order valence-corrected chi connectivity index (χ2v) is 5.49. The lowest BCUT2D eigenvalue weighted by atomic mass is 10.0. The molecule has 2 aliphatic heterocycles. The van der Waals surface area contributed by atoms with Crippen LogP contribution in [0.25, 0.3) is 0 Å². The summed E-state index contributed by atoms with van der Waals surface area (Å²) in [5.41, 5.74) is 0.0745. The number of hydrogen-bond acceptors (Lipinski definition) is 3. The number of piperazine rings is 1. The molecule has 0 aliphatic carbocycles. The van der Waals surface area contributed by atoms with Crippen LogP contribution in [0.1, 0.15) is 26.7 Å². The minimum atomic E-state index is 0.0745. The molecule has 0 aromatic carbocycles. The summed E-state index contributed by atoms with van der Waals surface area (Å²) in [7, 11) is 0. The van der Waals surface area contributed by atoms with Gasteiger partial charge in [0.15, 0.2) is 0 Å². The lowest BCUT2D eigenvalue weighted by Crippen LogP contribution is -2.51. The third-order valence-corrected chi connectivity index (χ3v) is 3.77. The fourth-order valence-electron chi connectivity index (χ4n) is 2.72. The van der Waals surface area contributed by atoms with Gasteiger partial charge >= 0.3 is 0 Å². The number of nitrogens with one attached hydrogen (secondary N) is 1. The minimum Gasteiger partial charge on any atom is -0.336 e. The molecule has 2 saturated heterocycles. The van der Waals surface area contributed by atoms with E-state index >= 15 is 0 Å². The highest BCUT2D eigenvalue weighted by Gasteiger charge is 2.35. The summed E-state index contributed by atoms with van der Waals surface area (Å²) in [6, 6.07) is 0. The molecule has 4 heteroatoms. The van der Waals surface area contributed by atoms with Crippen molar-refractivity contribution in [1.29, 1.82) is 0 Å². The molecular formula is C12H23N3O. The fourth-order valence-corrected chi connectivity index (χ4v) is 2.72. The first-order valence-corrected chi connectivity index (χ1v) is 6.33. The zero-order valence-electron chi connectivity index (χ0n) is 10.5. The molecule has 92 valence electrons. The topological polar surface area (TPSA) is 35.6 Å². The predicted molar refractivity (Wildman–Crippen MR) is 64.3 cm³/mol. The molecule has 0 saturated carbocycles. The van der Waals surface area contributed by atoms with Gasteiger partial charge in [0, 0.05) is 38.3 Å². The quantitative estimate of drug-likeness (QED) is 0.734. The van der Waals surface area contributed by atoms with Crippen LogP contribution in [-0.4, -0.2) is 60.5 Å². The van der Waals surface area contributed by atoms with Gasteiger partial charge in [-0.3, -0.25) is 9.69 Å². The van der Waals surface area contributed by atoms with Crippen LogP contribution < -0.4 is 5.32 Å².